The van der Waals surface area contributed by atoms with Crippen molar-refractivity contribution in [1.82, 2.24) is 35.0 Å². The van der Waals surface area contributed by atoms with Crippen molar-refractivity contribution >= 4 is 39.2 Å². The van der Waals surface area contributed by atoms with Crippen LogP contribution in [0.3, 0.4) is 0 Å². The minimum Gasteiger partial charge on any atom is -0.367 e. The van der Waals surface area contributed by atoms with Crippen molar-refractivity contribution < 1.29 is 4.79 Å². The van der Waals surface area contributed by atoms with Gasteiger partial charge in [-0.1, -0.05) is 20.8 Å². The van der Waals surface area contributed by atoms with Crippen LogP contribution in [0.25, 0.3) is 44.6 Å². The second-order valence-electron chi connectivity index (χ2n) is 11.5. The van der Waals surface area contributed by atoms with Gasteiger partial charge in [0.05, 0.1) is 52.4 Å². The van der Waals surface area contributed by atoms with Gasteiger partial charge >= 0.3 is 0 Å². The Balaban J connectivity index is 1.32. The van der Waals surface area contributed by atoms with Crippen LogP contribution < -0.4 is 10.2 Å². The summed E-state index contributed by atoms with van der Waals surface area (Å²) >= 11 is 0. The molecule has 0 aliphatic carbocycles. The van der Waals surface area contributed by atoms with Gasteiger partial charge in [-0.25, -0.2) is 4.98 Å². The van der Waals surface area contributed by atoms with E-state index >= 15 is 0 Å². The Bertz CT molecular complexity index is 1650. The highest BCUT2D eigenvalue weighted by molar-refractivity contribution is 5.99. The van der Waals surface area contributed by atoms with Crippen LogP contribution >= 0.6 is 0 Å². The Morgan fingerprint density at radius 3 is 2.59 bits per heavy atom. The highest BCUT2D eigenvalue weighted by Crippen LogP contribution is 2.33. The first-order valence-corrected chi connectivity index (χ1v) is 13.2. The second-order valence-corrected chi connectivity index (χ2v) is 11.5. The standard InChI is InChI=1S/C29H33N9O/c1-29(2,3)13-26(39)32-19-11-18(14-30-15-19)21-5-6-22-27(34-21)28(36-35-22)23-12-20-24(33-23)16-31-17-25(20)38-9-7-37(4)8-10-38/h5-6,11-12,14-17,33H,7-10,13H2,1-4H3,(H,32,39)(H,35,36). The lowest BCUT2D eigenvalue weighted by Crippen LogP contribution is -2.44. The number of piperazine rings is 1. The Hall–Kier alpha value is -4.31. The quantitative estimate of drug-likeness (QED) is 0.306. The molecule has 6 rings (SSSR count). The van der Waals surface area contributed by atoms with Crippen molar-refractivity contribution in [1.29, 1.82) is 0 Å². The molecule has 200 valence electrons. The van der Waals surface area contributed by atoms with E-state index in [9.17, 15) is 4.79 Å². The number of anilines is 2. The monoisotopic (exact) mass is 523 g/mol. The Morgan fingerprint density at radius 1 is 1.00 bits per heavy atom. The highest BCUT2D eigenvalue weighted by Gasteiger charge is 2.20. The number of nitrogens with one attached hydrogen (secondary N) is 3. The number of aromatic nitrogens is 6. The molecule has 1 saturated heterocycles. The Labute approximate surface area is 226 Å². The molecule has 10 nitrogen and oxygen atoms in total. The van der Waals surface area contributed by atoms with Gasteiger partial charge in [0, 0.05) is 49.7 Å². The number of rotatable bonds is 5. The topological polar surface area (TPSA) is 119 Å². The molecule has 0 bridgehead atoms. The highest BCUT2D eigenvalue weighted by atomic mass is 16.1. The molecule has 0 spiro atoms. The lowest BCUT2D eigenvalue weighted by Gasteiger charge is -2.34. The number of hydrogen-bond donors (Lipinski definition) is 3. The van der Waals surface area contributed by atoms with Crippen molar-refractivity contribution in [3.63, 3.8) is 0 Å². The molecule has 0 atom stereocenters. The molecule has 0 aromatic carbocycles. The summed E-state index contributed by atoms with van der Waals surface area (Å²) in [5.41, 5.74) is 7.45. The van der Waals surface area contributed by atoms with Crippen LogP contribution in [0, 0.1) is 5.41 Å². The normalized spacial score (nSPS) is 14.8. The van der Waals surface area contributed by atoms with Gasteiger partial charge < -0.3 is 20.1 Å². The third-order valence-electron chi connectivity index (χ3n) is 7.04. The summed E-state index contributed by atoms with van der Waals surface area (Å²) in [6, 6.07) is 7.95. The van der Waals surface area contributed by atoms with E-state index in [1.165, 1.54) is 0 Å². The number of carbonyl (C=O) groups is 1. The van der Waals surface area contributed by atoms with E-state index in [0.717, 1.165) is 76.4 Å². The van der Waals surface area contributed by atoms with Crippen LogP contribution in [0.15, 0.2) is 49.1 Å². The third-order valence-corrected chi connectivity index (χ3v) is 7.04. The van der Waals surface area contributed by atoms with Crippen molar-refractivity contribution in [2.45, 2.75) is 27.2 Å². The van der Waals surface area contributed by atoms with Gasteiger partial charge in [0.15, 0.2) is 0 Å². The van der Waals surface area contributed by atoms with E-state index in [-0.39, 0.29) is 11.3 Å². The molecule has 10 heteroatoms. The maximum atomic E-state index is 12.5. The minimum atomic E-state index is -0.0939. The van der Waals surface area contributed by atoms with Gasteiger partial charge in [-0.15, -0.1) is 0 Å². The second kappa shape index (κ2) is 9.77. The molecular formula is C29H33N9O. The number of likely N-dealkylation sites (N-methyl/N-ethyl adjacent to an activating group) is 1. The molecule has 1 aliphatic rings. The van der Waals surface area contributed by atoms with Gasteiger partial charge in [0.25, 0.3) is 0 Å². The SMILES string of the molecule is CN1CCN(c2cncc3[nH]c(-c4n[nH]c5ccc(-c6cncc(NC(=O)CC(C)(C)C)c6)nc45)cc23)CC1. The molecular weight excluding hydrogens is 490 g/mol. The van der Waals surface area contributed by atoms with E-state index in [1.54, 1.807) is 12.4 Å². The largest absolute Gasteiger partial charge is 0.367 e. The summed E-state index contributed by atoms with van der Waals surface area (Å²) < 4.78 is 0. The average molecular weight is 524 g/mol. The maximum absolute atomic E-state index is 12.5. The minimum absolute atomic E-state index is 0.0359. The molecule has 1 aliphatic heterocycles. The fraction of sp³-hybridized carbons (Fsp3) is 0.345. The summed E-state index contributed by atoms with van der Waals surface area (Å²) in [6.07, 6.45) is 7.64. The predicted molar refractivity (Wildman–Crippen MR) is 155 cm³/mol. The molecule has 1 amide bonds. The number of nitrogens with zero attached hydrogens (tertiary/aromatic N) is 6. The average Bonchev–Trinajstić information content (AvgIpc) is 3.52. The van der Waals surface area contributed by atoms with Gasteiger partial charge in [0.1, 0.15) is 11.2 Å². The number of amides is 1. The van der Waals surface area contributed by atoms with Gasteiger partial charge in [-0.05, 0) is 36.7 Å². The molecule has 5 aromatic rings. The fourth-order valence-electron chi connectivity index (χ4n) is 5.05. The zero-order valence-corrected chi connectivity index (χ0v) is 22.7. The zero-order chi connectivity index (χ0) is 27.1. The first-order chi connectivity index (χ1) is 18.7. The van der Waals surface area contributed by atoms with Gasteiger partial charge in [-0.3, -0.25) is 19.9 Å². The molecule has 0 saturated carbocycles. The predicted octanol–water partition coefficient (Wildman–Crippen LogP) is 4.69. The van der Waals surface area contributed by atoms with E-state index in [4.69, 9.17) is 4.98 Å². The van der Waals surface area contributed by atoms with Gasteiger partial charge in [-0.2, -0.15) is 5.10 Å². The van der Waals surface area contributed by atoms with E-state index in [0.29, 0.717) is 12.1 Å². The van der Waals surface area contributed by atoms with Crippen molar-refractivity contribution in [3.8, 4) is 22.6 Å². The summed E-state index contributed by atoms with van der Waals surface area (Å²) in [6.45, 7) is 10.1. The maximum Gasteiger partial charge on any atom is 0.224 e. The fourth-order valence-corrected chi connectivity index (χ4v) is 5.05. The summed E-state index contributed by atoms with van der Waals surface area (Å²) in [5, 5.41) is 11.8. The van der Waals surface area contributed by atoms with Crippen LogP contribution in [0.1, 0.15) is 27.2 Å². The van der Waals surface area contributed by atoms with Crippen LogP contribution in [-0.4, -0.2) is 74.2 Å². The van der Waals surface area contributed by atoms with E-state index in [1.807, 2.05) is 51.4 Å². The number of H-pyrrole nitrogens is 2. The van der Waals surface area contributed by atoms with E-state index < -0.39 is 0 Å². The smallest absolute Gasteiger partial charge is 0.224 e. The number of aromatic amines is 2. The number of carbonyl (C=O) groups excluding carboxylic acids is 1. The summed E-state index contributed by atoms with van der Waals surface area (Å²) in [5.74, 6) is -0.0359. The van der Waals surface area contributed by atoms with Crippen LogP contribution in [0.2, 0.25) is 0 Å². The van der Waals surface area contributed by atoms with E-state index in [2.05, 4.69) is 53.4 Å². The molecule has 39 heavy (non-hydrogen) atoms. The molecule has 0 radical (unpaired) electrons. The molecule has 5 aromatic heterocycles. The van der Waals surface area contributed by atoms with Crippen molar-refractivity contribution in [2.24, 2.45) is 5.41 Å². The number of fused-ring (bicyclic) bond motifs is 2. The van der Waals surface area contributed by atoms with Crippen LogP contribution in [-0.2, 0) is 4.79 Å². The molecule has 0 unspecified atom stereocenters. The number of hydrogen-bond acceptors (Lipinski definition) is 7. The van der Waals surface area contributed by atoms with Crippen molar-refractivity contribution in [2.75, 3.05) is 43.4 Å². The van der Waals surface area contributed by atoms with Crippen LogP contribution in [0.4, 0.5) is 11.4 Å². The van der Waals surface area contributed by atoms with Gasteiger partial charge in [0.2, 0.25) is 5.91 Å². The molecule has 3 N–H and O–H groups in total. The Morgan fingerprint density at radius 2 is 1.79 bits per heavy atom. The molecule has 1 fully saturated rings. The Kier molecular flexibility index (Phi) is 6.26. The zero-order valence-electron chi connectivity index (χ0n) is 22.7. The summed E-state index contributed by atoms with van der Waals surface area (Å²) in [7, 11) is 2.16. The first kappa shape index (κ1) is 25.0. The molecule has 6 heterocycles. The third kappa shape index (κ3) is 5.20. The first-order valence-electron chi connectivity index (χ1n) is 13.2. The van der Waals surface area contributed by atoms with Crippen LogP contribution in [0.5, 0.6) is 0 Å². The lowest BCUT2D eigenvalue weighted by molar-refractivity contribution is -0.117. The number of pyridine rings is 3. The summed E-state index contributed by atoms with van der Waals surface area (Å²) in [4.78, 5) is 34.5. The van der Waals surface area contributed by atoms with Crippen molar-refractivity contribution in [3.05, 3.63) is 49.1 Å². The lowest BCUT2D eigenvalue weighted by atomic mass is 9.92.